The van der Waals surface area contributed by atoms with Crippen molar-refractivity contribution in [1.29, 1.82) is 0 Å². The van der Waals surface area contributed by atoms with Gasteiger partial charge in [0.05, 0.1) is 6.61 Å². The largest absolute Gasteiger partial charge is 0.392 e. The van der Waals surface area contributed by atoms with E-state index < -0.39 is 0 Å². The number of rotatable bonds is 4. The quantitative estimate of drug-likeness (QED) is 0.937. The summed E-state index contributed by atoms with van der Waals surface area (Å²) >= 11 is 5.91. The van der Waals surface area contributed by atoms with Gasteiger partial charge in [0.15, 0.2) is 0 Å². The number of nitrogens with zero attached hydrogens (tertiary/aromatic N) is 2. The average molecular weight is 331 g/mol. The minimum atomic E-state index is -0.0814. The highest BCUT2D eigenvalue weighted by atomic mass is 35.5. The Morgan fingerprint density at radius 3 is 2.78 bits per heavy atom. The van der Waals surface area contributed by atoms with Crippen molar-refractivity contribution in [3.05, 3.63) is 64.4 Å². The van der Waals surface area contributed by atoms with Gasteiger partial charge in [0, 0.05) is 24.3 Å². The Morgan fingerprint density at radius 2 is 2.04 bits per heavy atom. The number of halogens is 1. The van der Waals surface area contributed by atoms with E-state index in [0.717, 1.165) is 31.0 Å². The normalized spacial score (nSPS) is 17.5. The summed E-state index contributed by atoms with van der Waals surface area (Å²) in [6.45, 7) is 1.41. The molecule has 2 aromatic rings. The molecule has 1 aromatic carbocycles. The number of carbonyl (C=O) groups excluding carboxylic acids is 1. The second-order valence-corrected chi connectivity index (χ2v) is 6.38. The maximum absolute atomic E-state index is 12.5. The van der Waals surface area contributed by atoms with Gasteiger partial charge in [-0.25, -0.2) is 0 Å². The van der Waals surface area contributed by atoms with Crippen molar-refractivity contribution in [1.82, 2.24) is 9.88 Å². The van der Waals surface area contributed by atoms with Crippen molar-refractivity contribution < 1.29 is 9.90 Å². The van der Waals surface area contributed by atoms with Gasteiger partial charge in [-0.1, -0.05) is 23.7 Å². The second kappa shape index (κ2) is 7.11. The summed E-state index contributed by atoms with van der Waals surface area (Å²) in [5.74, 6) is 0.403. The van der Waals surface area contributed by atoms with Gasteiger partial charge >= 0.3 is 0 Å². The molecule has 5 heteroatoms. The van der Waals surface area contributed by atoms with Crippen LogP contribution in [0.3, 0.4) is 0 Å². The van der Waals surface area contributed by atoms with Crippen LogP contribution >= 0.6 is 11.6 Å². The lowest BCUT2D eigenvalue weighted by Gasteiger charge is -2.16. The summed E-state index contributed by atoms with van der Waals surface area (Å²) in [7, 11) is 0. The molecule has 1 aliphatic heterocycles. The first-order chi connectivity index (χ1) is 11.2. The number of amides is 1. The van der Waals surface area contributed by atoms with E-state index in [0.29, 0.717) is 17.2 Å². The molecule has 1 saturated heterocycles. The van der Waals surface area contributed by atoms with E-state index in [9.17, 15) is 9.90 Å². The number of hydrogen-bond acceptors (Lipinski definition) is 3. The lowest BCUT2D eigenvalue weighted by atomic mass is 9.99. The molecule has 1 aliphatic rings. The minimum Gasteiger partial charge on any atom is -0.392 e. The first kappa shape index (κ1) is 16.0. The number of aromatic nitrogens is 1. The molecule has 1 fully saturated rings. The van der Waals surface area contributed by atoms with Crippen LogP contribution in [0.5, 0.6) is 0 Å². The molecule has 23 heavy (non-hydrogen) atoms. The Morgan fingerprint density at radius 1 is 1.26 bits per heavy atom. The van der Waals surface area contributed by atoms with Gasteiger partial charge in [-0.15, -0.1) is 0 Å². The monoisotopic (exact) mass is 330 g/mol. The molecular weight excluding hydrogens is 312 g/mol. The van der Waals surface area contributed by atoms with Crippen LogP contribution in [0.25, 0.3) is 0 Å². The Bertz CT molecular complexity index is 688. The molecule has 0 bridgehead atoms. The zero-order valence-electron chi connectivity index (χ0n) is 12.8. The van der Waals surface area contributed by atoms with Crippen molar-refractivity contribution in [2.75, 3.05) is 13.1 Å². The maximum Gasteiger partial charge on any atom is 0.272 e. The Kier molecular flexibility index (Phi) is 4.94. The SMILES string of the molecule is O=C(c1cc(CO)ccn1)N1CCC(Cc2ccc(Cl)cc2)C1. The second-order valence-electron chi connectivity index (χ2n) is 5.94. The molecule has 4 nitrogen and oxygen atoms in total. The molecule has 3 rings (SSSR count). The minimum absolute atomic E-state index is 0.0566. The molecule has 1 unspecified atom stereocenters. The van der Waals surface area contributed by atoms with Gasteiger partial charge in [0.25, 0.3) is 5.91 Å². The zero-order valence-corrected chi connectivity index (χ0v) is 13.5. The Labute approximate surface area is 140 Å². The van der Waals surface area contributed by atoms with Crippen LogP contribution in [0, 0.1) is 5.92 Å². The van der Waals surface area contributed by atoms with Gasteiger partial charge in [-0.05, 0) is 54.2 Å². The first-order valence-corrected chi connectivity index (χ1v) is 8.13. The molecule has 120 valence electrons. The summed E-state index contributed by atoms with van der Waals surface area (Å²) in [5, 5.41) is 9.92. The van der Waals surface area contributed by atoms with Gasteiger partial charge in [-0.3, -0.25) is 9.78 Å². The van der Waals surface area contributed by atoms with E-state index in [1.807, 2.05) is 29.2 Å². The van der Waals surface area contributed by atoms with Gasteiger partial charge in [-0.2, -0.15) is 0 Å². The molecule has 0 radical (unpaired) electrons. The van der Waals surface area contributed by atoms with Crippen LogP contribution in [-0.2, 0) is 13.0 Å². The number of benzene rings is 1. The standard InChI is InChI=1S/C18H19ClN2O2/c19-16-3-1-13(2-4-16)9-14-6-8-21(11-14)18(23)17-10-15(12-22)5-7-20-17/h1-5,7,10,14,22H,6,8-9,11-12H2. The number of carbonyl (C=O) groups is 1. The molecule has 1 amide bonds. The van der Waals surface area contributed by atoms with Crippen LogP contribution in [0.1, 0.15) is 28.0 Å². The number of aliphatic hydroxyl groups is 1. The van der Waals surface area contributed by atoms with E-state index in [1.54, 1.807) is 18.3 Å². The third-order valence-corrected chi connectivity index (χ3v) is 4.49. The topological polar surface area (TPSA) is 53.4 Å². The van der Waals surface area contributed by atoms with E-state index in [-0.39, 0.29) is 12.5 Å². The zero-order chi connectivity index (χ0) is 16.2. The predicted octanol–water partition coefficient (Wildman–Crippen LogP) is 2.93. The van der Waals surface area contributed by atoms with Gasteiger partial charge in [0.1, 0.15) is 5.69 Å². The van der Waals surface area contributed by atoms with Crippen LogP contribution < -0.4 is 0 Å². The van der Waals surface area contributed by atoms with Crippen LogP contribution in [-0.4, -0.2) is 34.0 Å². The van der Waals surface area contributed by atoms with Crippen molar-refractivity contribution in [2.24, 2.45) is 5.92 Å². The summed E-state index contributed by atoms with van der Waals surface area (Å²) < 4.78 is 0. The third-order valence-electron chi connectivity index (χ3n) is 4.24. The third kappa shape index (κ3) is 3.89. The number of pyridine rings is 1. The lowest BCUT2D eigenvalue weighted by Crippen LogP contribution is -2.29. The van der Waals surface area contributed by atoms with Crippen LogP contribution in [0.2, 0.25) is 5.02 Å². The summed E-state index contributed by atoms with van der Waals surface area (Å²) in [5.41, 5.74) is 2.36. The number of hydrogen-bond donors (Lipinski definition) is 1. The molecule has 2 heterocycles. The fourth-order valence-electron chi connectivity index (χ4n) is 2.99. The van der Waals surface area contributed by atoms with Crippen molar-refractivity contribution in [2.45, 2.75) is 19.4 Å². The highest BCUT2D eigenvalue weighted by Crippen LogP contribution is 2.23. The van der Waals surface area contributed by atoms with Crippen LogP contribution in [0.15, 0.2) is 42.6 Å². The van der Waals surface area contributed by atoms with E-state index in [1.165, 1.54) is 5.56 Å². The fourth-order valence-corrected chi connectivity index (χ4v) is 3.12. The molecule has 0 saturated carbocycles. The molecule has 0 spiro atoms. The predicted molar refractivity (Wildman–Crippen MR) is 89.3 cm³/mol. The maximum atomic E-state index is 12.5. The highest BCUT2D eigenvalue weighted by molar-refractivity contribution is 6.30. The molecular formula is C18H19ClN2O2. The molecule has 1 atom stereocenters. The molecule has 0 aliphatic carbocycles. The van der Waals surface area contributed by atoms with E-state index in [2.05, 4.69) is 4.98 Å². The van der Waals surface area contributed by atoms with Crippen LogP contribution in [0.4, 0.5) is 0 Å². The number of likely N-dealkylation sites (tertiary alicyclic amines) is 1. The summed E-state index contributed by atoms with van der Waals surface area (Å²) in [4.78, 5) is 18.5. The summed E-state index contributed by atoms with van der Waals surface area (Å²) in [6.07, 6.45) is 3.51. The fraction of sp³-hybridized carbons (Fsp3) is 0.333. The van der Waals surface area contributed by atoms with E-state index in [4.69, 9.17) is 11.6 Å². The lowest BCUT2D eigenvalue weighted by molar-refractivity contribution is 0.0781. The number of aliphatic hydroxyl groups excluding tert-OH is 1. The average Bonchev–Trinajstić information content (AvgIpc) is 3.05. The van der Waals surface area contributed by atoms with Crippen molar-refractivity contribution in [3.8, 4) is 0 Å². The van der Waals surface area contributed by atoms with E-state index >= 15 is 0 Å². The van der Waals surface area contributed by atoms with Crippen molar-refractivity contribution >= 4 is 17.5 Å². The molecule has 1 aromatic heterocycles. The van der Waals surface area contributed by atoms with Crippen molar-refractivity contribution in [3.63, 3.8) is 0 Å². The first-order valence-electron chi connectivity index (χ1n) is 7.75. The molecule has 1 N–H and O–H groups in total. The summed E-state index contributed by atoms with van der Waals surface area (Å²) in [6, 6.07) is 11.3. The van der Waals surface area contributed by atoms with Gasteiger partial charge in [0.2, 0.25) is 0 Å². The highest BCUT2D eigenvalue weighted by Gasteiger charge is 2.27. The Balaban J connectivity index is 1.62. The van der Waals surface area contributed by atoms with Gasteiger partial charge < -0.3 is 10.0 Å². The smallest absolute Gasteiger partial charge is 0.272 e. The Hall–Kier alpha value is -1.91.